The first-order valence-electron chi connectivity index (χ1n) is 8.52. The number of H-pyrrole nitrogens is 1. The number of nitrogens with zero attached hydrogens (tertiary/aromatic N) is 3. The van der Waals surface area contributed by atoms with Gasteiger partial charge in [0.05, 0.1) is 6.20 Å². The summed E-state index contributed by atoms with van der Waals surface area (Å²) in [7, 11) is 0. The molecule has 2 N–H and O–H groups in total. The third-order valence-corrected chi connectivity index (χ3v) is 4.46. The van der Waals surface area contributed by atoms with Crippen molar-refractivity contribution < 1.29 is 70.5 Å². The van der Waals surface area contributed by atoms with Crippen LogP contribution in [0.3, 0.4) is 0 Å². The molecule has 3 aromatic rings. The second-order valence-electron chi connectivity index (χ2n) is 6.51. The molecule has 4 rings (SSSR count). The van der Waals surface area contributed by atoms with Crippen molar-refractivity contribution in [2.24, 2.45) is 5.92 Å². The number of rotatable bonds is 6. The molecule has 1 amide bonds. The summed E-state index contributed by atoms with van der Waals surface area (Å²) >= 11 is 0. The molecule has 1 saturated carbocycles. The summed E-state index contributed by atoms with van der Waals surface area (Å²) in [5.41, 5.74) is 1.18. The third-order valence-electron chi connectivity index (χ3n) is 4.46. The Morgan fingerprint density at radius 3 is 2.75 bits per heavy atom. The summed E-state index contributed by atoms with van der Waals surface area (Å²) in [5.74, 6) is -0.920. The number of carbonyl (C=O) groups is 2. The minimum Gasteiger partial charge on any atom is -0.542 e. The normalized spacial score (nSPS) is 14.2. The maximum absolute atomic E-state index is 12.3. The molecule has 0 aliphatic heterocycles. The van der Waals surface area contributed by atoms with E-state index >= 15 is 0 Å². The number of hydrogen-bond acceptors (Lipinski definition) is 7. The molecule has 0 saturated heterocycles. The largest absolute Gasteiger partial charge is 1.00 e. The summed E-state index contributed by atoms with van der Waals surface area (Å²) in [4.78, 5) is 31.1. The second-order valence-corrected chi connectivity index (χ2v) is 6.51. The Kier molecular flexibility index (Phi) is 6.45. The Hall–Kier alpha value is -1.85. The van der Waals surface area contributed by atoms with Crippen LogP contribution in [0.4, 0.5) is 0 Å². The van der Waals surface area contributed by atoms with Crippen molar-refractivity contribution in [3.63, 3.8) is 0 Å². The Morgan fingerprint density at radius 1 is 1.32 bits per heavy atom. The summed E-state index contributed by atoms with van der Waals surface area (Å²) in [6, 6.07) is 7.02. The van der Waals surface area contributed by atoms with Crippen LogP contribution in [0.1, 0.15) is 40.9 Å². The van der Waals surface area contributed by atoms with Crippen molar-refractivity contribution >= 4 is 11.9 Å². The molecule has 0 radical (unpaired) electrons. The van der Waals surface area contributed by atoms with Gasteiger partial charge < -0.3 is 19.6 Å². The van der Waals surface area contributed by atoms with E-state index < -0.39 is 5.97 Å². The first-order chi connectivity index (χ1) is 13.0. The number of carboxylic acid groups (broad SMARTS) is 1. The summed E-state index contributed by atoms with van der Waals surface area (Å²) in [6.45, 7) is 1.98. The number of aromatic nitrogens is 4. The quantitative estimate of drug-likeness (QED) is 0.454. The number of aromatic carboxylic acids is 1. The first-order valence-corrected chi connectivity index (χ1v) is 8.52. The molecule has 10 heteroatoms. The van der Waals surface area contributed by atoms with Crippen LogP contribution in [0.2, 0.25) is 0 Å². The van der Waals surface area contributed by atoms with Crippen LogP contribution in [-0.2, 0) is 0 Å². The number of aromatic amines is 1. The molecule has 0 spiro atoms. The van der Waals surface area contributed by atoms with Crippen LogP contribution in [0.15, 0.2) is 34.9 Å². The zero-order chi connectivity index (χ0) is 19.0. The van der Waals surface area contributed by atoms with Crippen molar-refractivity contribution in [2.45, 2.75) is 25.8 Å². The van der Waals surface area contributed by atoms with Gasteiger partial charge >= 0.3 is 51.4 Å². The fourth-order valence-corrected chi connectivity index (χ4v) is 2.78. The Balaban J connectivity index is 0.00000225. The van der Waals surface area contributed by atoms with E-state index in [1.165, 1.54) is 6.20 Å². The molecule has 138 valence electrons. The van der Waals surface area contributed by atoms with Crippen LogP contribution in [0.5, 0.6) is 0 Å². The van der Waals surface area contributed by atoms with Gasteiger partial charge in [-0.25, -0.2) is 9.97 Å². The van der Waals surface area contributed by atoms with Crippen molar-refractivity contribution in [2.75, 3.05) is 0 Å². The van der Waals surface area contributed by atoms with Crippen LogP contribution < -0.4 is 61.8 Å². The van der Waals surface area contributed by atoms with E-state index in [4.69, 9.17) is 4.42 Å². The molecule has 0 unspecified atom stereocenters. The molecule has 1 aromatic carbocycles. The number of oxazole rings is 1. The van der Waals surface area contributed by atoms with Crippen LogP contribution in [-0.4, -0.2) is 38.1 Å². The number of carboxylic acids is 1. The van der Waals surface area contributed by atoms with Crippen molar-refractivity contribution in [1.82, 2.24) is 25.5 Å². The zero-order valence-electron chi connectivity index (χ0n) is 15.4. The Labute approximate surface area is 202 Å². The number of amides is 1. The zero-order valence-corrected chi connectivity index (χ0v) is 18.6. The number of carbonyl (C=O) groups excluding carboxylic acids is 2. The van der Waals surface area contributed by atoms with Gasteiger partial charge in [0.15, 0.2) is 11.6 Å². The standard InChI is InChI=1S/C18H17N5O4.K/c1-9(10-5-6-10)20-16(24)13-8-19-17(27-13)12-4-2-3-11(7-12)14-21-15(18(25)26)23-22-14;/h2-4,7-10H,5-6H2,1H3,(H,20,24)(H,25,26)(H,21,22,23);/q;+1/p-1/t9-;/m0./s1. The monoisotopic (exact) mass is 405 g/mol. The average molecular weight is 405 g/mol. The molecule has 28 heavy (non-hydrogen) atoms. The molecule has 0 bridgehead atoms. The second kappa shape index (κ2) is 8.66. The average Bonchev–Trinajstić information content (AvgIpc) is 3.20. The topological polar surface area (TPSA) is 137 Å². The van der Waals surface area contributed by atoms with Crippen LogP contribution >= 0.6 is 0 Å². The molecular formula is C18H16KN5O4. The van der Waals surface area contributed by atoms with Gasteiger partial charge in [0.2, 0.25) is 11.7 Å². The van der Waals surface area contributed by atoms with E-state index in [0.29, 0.717) is 17.0 Å². The van der Waals surface area contributed by atoms with Gasteiger partial charge in [0.25, 0.3) is 5.91 Å². The maximum Gasteiger partial charge on any atom is 1.00 e. The molecule has 9 nitrogen and oxygen atoms in total. The van der Waals surface area contributed by atoms with Gasteiger partial charge in [-0.1, -0.05) is 12.1 Å². The molecular weight excluding hydrogens is 389 g/mol. The van der Waals surface area contributed by atoms with E-state index in [-0.39, 0.29) is 86.6 Å². The minimum atomic E-state index is -1.44. The number of benzene rings is 1. The molecule has 1 atom stereocenters. The van der Waals surface area contributed by atoms with Crippen LogP contribution in [0, 0.1) is 5.92 Å². The van der Waals surface area contributed by atoms with Crippen molar-refractivity contribution in [3.05, 3.63) is 42.0 Å². The van der Waals surface area contributed by atoms with Crippen molar-refractivity contribution in [1.29, 1.82) is 0 Å². The maximum atomic E-state index is 12.3. The third kappa shape index (κ3) is 4.58. The molecule has 1 fully saturated rings. The van der Waals surface area contributed by atoms with Gasteiger partial charge in [-0.15, -0.1) is 0 Å². The predicted molar refractivity (Wildman–Crippen MR) is 91.3 cm³/mol. The fourth-order valence-electron chi connectivity index (χ4n) is 2.78. The molecule has 2 heterocycles. The first kappa shape index (κ1) is 20.9. The van der Waals surface area contributed by atoms with E-state index in [1.54, 1.807) is 24.3 Å². The van der Waals surface area contributed by atoms with Crippen LogP contribution in [0.25, 0.3) is 22.8 Å². The number of hydrogen-bond donors (Lipinski definition) is 2. The van der Waals surface area contributed by atoms with Gasteiger partial charge in [-0.05, 0) is 37.8 Å². The SMILES string of the molecule is C[C@H](NC(=O)c1cnc(-c2cccc(-c3n[nH]c(C(=O)[O-])n3)c2)o1)C1CC1.[K+]. The minimum absolute atomic E-state index is 0. The predicted octanol–water partition coefficient (Wildman–Crippen LogP) is -1.98. The molecule has 1 aliphatic carbocycles. The van der Waals surface area contributed by atoms with Gasteiger partial charge in [0, 0.05) is 17.2 Å². The van der Waals surface area contributed by atoms with E-state index in [1.807, 2.05) is 6.92 Å². The van der Waals surface area contributed by atoms with Gasteiger partial charge in [-0.3, -0.25) is 9.89 Å². The van der Waals surface area contributed by atoms with E-state index in [0.717, 1.165) is 12.8 Å². The summed E-state index contributed by atoms with van der Waals surface area (Å²) < 4.78 is 5.59. The summed E-state index contributed by atoms with van der Waals surface area (Å²) in [6.07, 6.45) is 3.66. The fraction of sp³-hybridized carbons (Fsp3) is 0.278. The number of nitrogens with one attached hydrogen (secondary N) is 2. The van der Waals surface area contributed by atoms with E-state index in [2.05, 4.69) is 25.5 Å². The Morgan fingerprint density at radius 2 is 2.07 bits per heavy atom. The molecule has 2 aromatic heterocycles. The summed E-state index contributed by atoms with van der Waals surface area (Å²) in [5, 5.41) is 19.9. The Bertz CT molecular complexity index is 1010. The van der Waals surface area contributed by atoms with Gasteiger partial charge in [0.1, 0.15) is 5.97 Å². The molecule has 1 aliphatic rings. The smallest absolute Gasteiger partial charge is 0.542 e. The van der Waals surface area contributed by atoms with Gasteiger partial charge in [-0.2, -0.15) is 5.10 Å². The van der Waals surface area contributed by atoms with E-state index in [9.17, 15) is 14.7 Å². The van der Waals surface area contributed by atoms with Crippen molar-refractivity contribution in [3.8, 4) is 22.8 Å².